The summed E-state index contributed by atoms with van der Waals surface area (Å²) in [5, 5.41) is 2.96. The highest BCUT2D eigenvalue weighted by atomic mass is 16.1. The maximum absolute atomic E-state index is 12.7. The Bertz CT molecular complexity index is 781. The lowest BCUT2D eigenvalue weighted by molar-refractivity contribution is 0.102. The molecule has 2 aromatic rings. The smallest absolute Gasteiger partial charge is 0.256 e. The summed E-state index contributed by atoms with van der Waals surface area (Å²) < 4.78 is 0. The third-order valence-electron chi connectivity index (χ3n) is 4.44. The quantitative estimate of drug-likeness (QED) is 0.928. The van der Waals surface area contributed by atoms with Crippen molar-refractivity contribution in [2.24, 2.45) is 0 Å². The van der Waals surface area contributed by atoms with E-state index in [-0.39, 0.29) is 5.91 Å². The molecular weight excluding hydrogens is 314 g/mol. The van der Waals surface area contributed by atoms with Gasteiger partial charge in [-0.2, -0.15) is 4.98 Å². The summed E-state index contributed by atoms with van der Waals surface area (Å²) in [7, 11) is 3.84. The molecule has 0 spiro atoms. The predicted molar refractivity (Wildman–Crippen MR) is 102 cm³/mol. The number of aryl methyl sites for hydroxylation is 2. The summed E-state index contributed by atoms with van der Waals surface area (Å²) >= 11 is 0. The number of amides is 1. The van der Waals surface area contributed by atoms with Gasteiger partial charge in [0.05, 0.1) is 6.20 Å². The maximum Gasteiger partial charge on any atom is 0.256 e. The summed E-state index contributed by atoms with van der Waals surface area (Å²) in [6.45, 7) is 5.94. The number of carbonyl (C=O) groups is 1. The van der Waals surface area contributed by atoms with Gasteiger partial charge >= 0.3 is 0 Å². The number of aromatic nitrogens is 2. The van der Waals surface area contributed by atoms with Crippen LogP contribution in [0.3, 0.4) is 0 Å². The molecule has 1 aliphatic heterocycles. The standard InChI is InChI=1S/C19H25N5O/c1-13-7-8-15(14(2)11-13)18(25)21-16-12-20-19(22-17(16)23(3)4)24-9-5-6-10-24/h7-8,11-12H,5-6,9-10H2,1-4H3,(H,21,25). The van der Waals surface area contributed by atoms with E-state index in [1.54, 1.807) is 6.20 Å². The van der Waals surface area contributed by atoms with Crippen LogP contribution in [0.4, 0.5) is 17.5 Å². The first-order valence-electron chi connectivity index (χ1n) is 8.63. The van der Waals surface area contributed by atoms with E-state index in [0.29, 0.717) is 11.3 Å². The number of carbonyl (C=O) groups excluding carboxylic acids is 1. The van der Waals surface area contributed by atoms with E-state index in [1.165, 1.54) is 12.8 Å². The minimum absolute atomic E-state index is 0.141. The largest absolute Gasteiger partial charge is 0.361 e. The number of nitrogens with one attached hydrogen (secondary N) is 1. The van der Waals surface area contributed by atoms with Gasteiger partial charge in [0.1, 0.15) is 5.69 Å². The Kier molecular flexibility index (Phi) is 4.88. The number of rotatable bonds is 4. The summed E-state index contributed by atoms with van der Waals surface area (Å²) in [5.74, 6) is 1.30. The van der Waals surface area contributed by atoms with E-state index in [1.807, 2.05) is 51.0 Å². The van der Waals surface area contributed by atoms with Crippen LogP contribution in [0.2, 0.25) is 0 Å². The van der Waals surface area contributed by atoms with Gasteiger partial charge in [0.15, 0.2) is 5.82 Å². The molecule has 3 rings (SSSR count). The van der Waals surface area contributed by atoms with Crippen molar-refractivity contribution in [1.29, 1.82) is 0 Å². The molecule has 1 amide bonds. The third kappa shape index (κ3) is 3.73. The Morgan fingerprint density at radius 1 is 1.20 bits per heavy atom. The molecule has 0 radical (unpaired) electrons. The molecule has 1 aliphatic rings. The summed E-state index contributed by atoms with van der Waals surface area (Å²) in [6.07, 6.45) is 4.05. The zero-order valence-electron chi connectivity index (χ0n) is 15.3. The number of benzene rings is 1. The topological polar surface area (TPSA) is 61.4 Å². The van der Waals surface area contributed by atoms with E-state index >= 15 is 0 Å². The van der Waals surface area contributed by atoms with Crippen molar-refractivity contribution in [3.63, 3.8) is 0 Å². The van der Waals surface area contributed by atoms with Crippen LogP contribution in [0.15, 0.2) is 24.4 Å². The van der Waals surface area contributed by atoms with Gasteiger partial charge in [-0.15, -0.1) is 0 Å². The van der Waals surface area contributed by atoms with Gasteiger partial charge in [-0.05, 0) is 38.3 Å². The highest BCUT2D eigenvalue weighted by molar-refractivity contribution is 6.06. The Morgan fingerprint density at radius 2 is 1.92 bits per heavy atom. The molecular formula is C19H25N5O. The van der Waals surface area contributed by atoms with Crippen molar-refractivity contribution < 1.29 is 4.79 Å². The zero-order chi connectivity index (χ0) is 18.0. The molecule has 1 aromatic carbocycles. The Labute approximate surface area is 148 Å². The Hall–Kier alpha value is -2.63. The van der Waals surface area contributed by atoms with E-state index in [9.17, 15) is 4.79 Å². The lowest BCUT2D eigenvalue weighted by Gasteiger charge is -2.21. The van der Waals surface area contributed by atoms with Crippen molar-refractivity contribution in [3.05, 3.63) is 41.1 Å². The van der Waals surface area contributed by atoms with Crippen molar-refractivity contribution in [3.8, 4) is 0 Å². The third-order valence-corrected chi connectivity index (χ3v) is 4.44. The molecule has 0 saturated carbocycles. The molecule has 1 saturated heterocycles. The number of hydrogen-bond donors (Lipinski definition) is 1. The molecule has 1 fully saturated rings. The first-order chi connectivity index (χ1) is 12.0. The average molecular weight is 339 g/mol. The molecule has 0 aliphatic carbocycles. The van der Waals surface area contributed by atoms with Gasteiger partial charge in [0.2, 0.25) is 5.95 Å². The fourth-order valence-corrected chi connectivity index (χ4v) is 3.12. The molecule has 1 aromatic heterocycles. The van der Waals surface area contributed by atoms with E-state index < -0.39 is 0 Å². The second-order valence-corrected chi connectivity index (χ2v) is 6.77. The highest BCUT2D eigenvalue weighted by Gasteiger charge is 2.19. The summed E-state index contributed by atoms with van der Waals surface area (Å²) in [6, 6.07) is 5.81. The second-order valence-electron chi connectivity index (χ2n) is 6.77. The lowest BCUT2D eigenvalue weighted by Crippen LogP contribution is -2.24. The molecule has 1 N–H and O–H groups in total. The van der Waals surface area contributed by atoms with Gasteiger partial charge in [0.25, 0.3) is 5.91 Å². The number of anilines is 3. The average Bonchev–Trinajstić information content (AvgIpc) is 3.09. The molecule has 6 heteroatoms. The molecule has 0 unspecified atom stereocenters. The zero-order valence-corrected chi connectivity index (χ0v) is 15.3. The molecule has 6 nitrogen and oxygen atoms in total. The van der Waals surface area contributed by atoms with Crippen LogP contribution in [0, 0.1) is 13.8 Å². The normalized spacial score (nSPS) is 13.8. The molecule has 25 heavy (non-hydrogen) atoms. The summed E-state index contributed by atoms with van der Waals surface area (Å²) in [5.41, 5.74) is 3.39. The van der Waals surface area contributed by atoms with Crippen molar-refractivity contribution in [2.75, 3.05) is 42.3 Å². The van der Waals surface area contributed by atoms with Crippen LogP contribution in [-0.2, 0) is 0 Å². The van der Waals surface area contributed by atoms with E-state index in [2.05, 4.69) is 20.2 Å². The van der Waals surface area contributed by atoms with E-state index in [0.717, 1.165) is 36.0 Å². The maximum atomic E-state index is 12.7. The minimum Gasteiger partial charge on any atom is -0.361 e. The lowest BCUT2D eigenvalue weighted by atomic mass is 10.1. The van der Waals surface area contributed by atoms with Gasteiger partial charge in [-0.3, -0.25) is 4.79 Å². The van der Waals surface area contributed by atoms with Gasteiger partial charge in [0, 0.05) is 32.7 Å². The molecule has 132 valence electrons. The first kappa shape index (κ1) is 17.2. The van der Waals surface area contributed by atoms with E-state index in [4.69, 9.17) is 0 Å². The van der Waals surface area contributed by atoms with Crippen molar-refractivity contribution >= 4 is 23.4 Å². The van der Waals surface area contributed by atoms with Crippen LogP contribution in [0.5, 0.6) is 0 Å². The molecule has 2 heterocycles. The van der Waals surface area contributed by atoms with Crippen molar-refractivity contribution in [2.45, 2.75) is 26.7 Å². The van der Waals surface area contributed by atoms with Gasteiger partial charge in [-0.1, -0.05) is 17.7 Å². The fourth-order valence-electron chi connectivity index (χ4n) is 3.12. The predicted octanol–water partition coefficient (Wildman–Crippen LogP) is 3.01. The van der Waals surface area contributed by atoms with Crippen LogP contribution >= 0.6 is 0 Å². The SMILES string of the molecule is Cc1ccc(C(=O)Nc2cnc(N3CCCC3)nc2N(C)C)c(C)c1. The molecule has 0 atom stereocenters. The number of hydrogen-bond acceptors (Lipinski definition) is 5. The molecule has 0 bridgehead atoms. The highest BCUT2D eigenvalue weighted by Crippen LogP contribution is 2.26. The minimum atomic E-state index is -0.141. The van der Waals surface area contributed by atoms with Crippen molar-refractivity contribution in [1.82, 2.24) is 9.97 Å². The van der Waals surface area contributed by atoms with Crippen LogP contribution in [0.25, 0.3) is 0 Å². The van der Waals surface area contributed by atoms with Gasteiger partial charge in [-0.25, -0.2) is 4.98 Å². The van der Waals surface area contributed by atoms with Crippen LogP contribution in [-0.4, -0.2) is 43.1 Å². The summed E-state index contributed by atoms with van der Waals surface area (Å²) in [4.78, 5) is 25.9. The van der Waals surface area contributed by atoms with Crippen LogP contribution < -0.4 is 15.1 Å². The Balaban J connectivity index is 1.87. The fraction of sp³-hybridized carbons (Fsp3) is 0.421. The number of nitrogens with zero attached hydrogens (tertiary/aromatic N) is 4. The monoisotopic (exact) mass is 339 g/mol. The first-order valence-corrected chi connectivity index (χ1v) is 8.63. The Morgan fingerprint density at radius 3 is 2.56 bits per heavy atom. The second kappa shape index (κ2) is 7.09. The van der Waals surface area contributed by atoms with Gasteiger partial charge < -0.3 is 15.1 Å². The van der Waals surface area contributed by atoms with Crippen LogP contribution in [0.1, 0.15) is 34.3 Å².